The lowest BCUT2D eigenvalue weighted by molar-refractivity contribution is -0.249. The molecule has 0 unspecified atom stereocenters. The van der Waals surface area contributed by atoms with Crippen LogP contribution in [0.15, 0.2) is 0 Å². The maximum absolute atomic E-state index is 8.93. The summed E-state index contributed by atoms with van der Waals surface area (Å²) in [5.41, 5.74) is 0. The zero-order valence-electron chi connectivity index (χ0n) is 13.3. The fraction of sp³-hybridized carbons (Fsp3) is 0.941. The van der Waals surface area contributed by atoms with Crippen LogP contribution < -0.4 is 0 Å². The number of rotatable bonds is 7. The van der Waals surface area contributed by atoms with Crippen LogP contribution >= 0.6 is 0 Å². The molecule has 21 heavy (non-hydrogen) atoms. The maximum atomic E-state index is 8.93. The molecular weight excluding hydrogens is 266 g/mol. The number of nitriles is 1. The number of ether oxygens (including phenoxy) is 3. The van der Waals surface area contributed by atoms with Crippen LogP contribution in [0.5, 0.6) is 0 Å². The van der Waals surface area contributed by atoms with Gasteiger partial charge in [0.15, 0.2) is 6.29 Å². The van der Waals surface area contributed by atoms with E-state index in [9.17, 15) is 0 Å². The SMILES string of the molecule is CCCCCCO[C@H]1CO[C@H]([C@H]2CC[C@H](C#N)CC2)OC1. The lowest BCUT2D eigenvalue weighted by atomic mass is 9.82. The Morgan fingerprint density at radius 1 is 1.05 bits per heavy atom. The summed E-state index contributed by atoms with van der Waals surface area (Å²) in [6, 6.07) is 2.37. The number of nitrogens with zero attached hydrogens (tertiary/aromatic N) is 1. The van der Waals surface area contributed by atoms with Crippen LogP contribution in [0.25, 0.3) is 0 Å². The summed E-state index contributed by atoms with van der Waals surface area (Å²) in [7, 11) is 0. The molecule has 1 saturated carbocycles. The van der Waals surface area contributed by atoms with Gasteiger partial charge in [-0.15, -0.1) is 0 Å². The van der Waals surface area contributed by atoms with Crippen molar-refractivity contribution >= 4 is 0 Å². The lowest BCUT2D eigenvalue weighted by Crippen LogP contribution is -2.42. The molecule has 1 saturated heterocycles. The molecule has 0 N–H and O–H groups in total. The van der Waals surface area contributed by atoms with E-state index in [1.54, 1.807) is 0 Å². The fourth-order valence-electron chi connectivity index (χ4n) is 3.17. The number of unbranched alkanes of at least 4 members (excludes halogenated alkanes) is 3. The van der Waals surface area contributed by atoms with Gasteiger partial charge in [-0.05, 0) is 32.1 Å². The quantitative estimate of drug-likeness (QED) is 0.673. The monoisotopic (exact) mass is 295 g/mol. The molecule has 0 spiro atoms. The van der Waals surface area contributed by atoms with Gasteiger partial charge < -0.3 is 14.2 Å². The highest BCUT2D eigenvalue weighted by atomic mass is 16.7. The average Bonchev–Trinajstić information content (AvgIpc) is 2.55. The molecule has 2 fully saturated rings. The van der Waals surface area contributed by atoms with Gasteiger partial charge in [-0.25, -0.2) is 0 Å². The van der Waals surface area contributed by atoms with Crippen LogP contribution in [0.4, 0.5) is 0 Å². The van der Waals surface area contributed by atoms with Crippen molar-refractivity contribution in [2.24, 2.45) is 11.8 Å². The molecule has 0 bridgehead atoms. The summed E-state index contributed by atoms with van der Waals surface area (Å²) in [6.07, 6.45) is 9.00. The highest BCUT2D eigenvalue weighted by Gasteiger charge is 2.32. The Bertz CT molecular complexity index is 312. The van der Waals surface area contributed by atoms with Crippen molar-refractivity contribution in [3.63, 3.8) is 0 Å². The number of hydrogen-bond acceptors (Lipinski definition) is 4. The molecule has 4 nitrogen and oxygen atoms in total. The summed E-state index contributed by atoms with van der Waals surface area (Å²) in [5.74, 6) is 0.698. The standard InChI is InChI=1S/C17H29NO3/c1-2-3-4-5-10-19-16-12-20-17(21-13-16)15-8-6-14(11-18)7-9-15/h14-17H,2-10,12-13H2,1H3/t14-,15-,16-,17-. The summed E-state index contributed by atoms with van der Waals surface area (Å²) in [4.78, 5) is 0. The Morgan fingerprint density at radius 2 is 1.76 bits per heavy atom. The van der Waals surface area contributed by atoms with Gasteiger partial charge in [0.25, 0.3) is 0 Å². The molecule has 0 aromatic heterocycles. The van der Waals surface area contributed by atoms with Gasteiger partial charge in [0, 0.05) is 18.4 Å². The molecule has 1 aliphatic heterocycles. The minimum absolute atomic E-state index is 0.0791. The number of hydrogen-bond donors (Lipinski definition) is 0. The van der Waals surface area contributed by atoms with Crippen LogP contribution in [-0.2, 0) is 14.2 Å². The van der Waals surface area contributed by atoms with Crippen LogP contribution in [0.1, 0.15) is 58.3 Å². The Hall–Kier alpha value is -0.630. The van der Waals surface area contributed by atoms with Crippen molar-refractivity contribution in [1.29, 1.82) is 5.26 Å². The molecule has 0 atom stereocenters. The first-order chi connectivity index (χ1) is 10.3. The third-order valence-corrected chi connectivity index (χ3v) is 4.58. The van der Waals surface area contributed by atoms with Crippen molar-refractivity contribution in [2.45, 2.75) is 70.7 Å². The molecule has 2 aliphatic rings. The molecule has 0 radical (unpaired) electrons. The maximum Gasteiger partial charge on any atom is 0.160 e. The van der Waals surface area contributed by atoms with Crippen LogP contribution in [0.3, 0.4) is 0 Å². The van der Waals surface area contributed by atoms with Gasteiger partial charge in [-0.2, -0.15) is 5.26 Å². The van der Waals surface area contributed by atoms with Gasteiger partial charge in [-0.3, -0.25) is 0 Å². The highest BCUT2D eigenvalue weighted by molar-refractivity contribution is 4.88. The van der Waals surface area contributed by atoms with Gasteiger partial charge in [-0.1, -0.05) is 26.2 Å². The van der Waals surface area contributed by atoms with Gasteiger partial charge in [0.2, 0.25) is 0 Å². The first-order valence-electron chi connectivity index (χ1n) is 8.58. The second kappa shape index (κ2) is 9.40. The molecule has 1 heterocycles. The van der Waals surface area contributed by atoms with Crippen LogP contribution in [-0.4, -0.2) is 32.2 Å². The molecular formula is C17H29NO3. The highest BCUT2D eigenvalue weighted by Crippen LogP contribution is 2.33. The third-order valence-electron chi connectivity index (χ3n) is 4.58. The Morgan fingerprint density at radius 3 is 2.38 bits per heavy atom. The fourth-order valence-corrected chi connectivity index (χ4v) is 3.17. The topological polar surface area (TPSA) is 51.5 Å². The zero-order chi connectivity index (χ0) is 14.9. The normalized spacial score (nSPS) is 33.5. The van der Waals surface area contributed by atoms with Crippen molar-refractivity contribution in [2.75, 3.05) is 19.8 Å². The Labute approximate surface area is 128 Å². The van der Waals surface area contributed by atoms with Crippen LogP contribution in [0.2, 0.25) is 0 Å². The molecule has 0 aromatic carbocycles. The van der Waals surface area contributed by atoms with Gasteiger partial charge in [0.1, 0.15) is 6.10 Å². The second-order valence-electron chi connectivity index (χ2n) is 6.33. The largest absolute Gasteiger partial charge is 0.373 e. The summed E-state index contributed by atoms with van der Waals surface area (Å²) < 4.78 is 17.5. The van der Waals surface area contributed by atoms with E-state index >= 15 is 0 Å². The predicted molar refractivity (Wildman–Crippen MR) is 80.6 cm³/mol. The van der Waals surface area contributed by atoms with E-state index in [1.165, 1.54) is 19.3 Å². The molecule has 0 aromatic rings. The Kier molecular flexibility index (Phi) is 7.49. The van der Waals surface area contributed by atoms with E-state index in [1.807, 2.05) is 0 Å². The van der Waals surface area contributed by atoms with E-state index in [0.29, 0.717) is 19.1 Å². The minimum atomic E-state index is -0.0791. The second-order valence-corrected chi connectivity index (χ2v) is 6.33. The predicted octanol–water partition coefficient (Wildman–Crippen LogP) is 3.65. The Balaban J connectivity index is 1.57. The summed E-state index contributed by atoms with van der Waals surface area (Å²) >= 11 is 0. The van der Waals surface area contributed by atoms with E-state index in [4.69, 9.17) is 19.5 Å². The van der Waals surface area contributed by atoms with E-state index < -0.39 is 0 Å². The first-order valence-corrected chi connectivity index (χ1v) is 8.58. The van der Waals surface area contributed by atoms with Crippen LogP contribution in [0, 0.1) is 23.2 Å². The first kappa shape index (κ1) is 16.7. The minimum Gasteiger partial charge on any atom is -0.373 e. The summed E-state index contributed by atoms with van der Waals surface area (Å²) in [5, 5.41) is 8.93. The van der Waals surface area contributed by atoms with Gasteiger partial charge in [0.05, 0.1) is 19.3 Å². The lowest BCUT2D eigenvalue weighted by Gasteiger charge is -2.36. The average molecular weight is 295 g/mol. The van der Waals surface area contributed by atoms with Crippen molar-refractivity contribution < 1.29 is 14.2 Å². The molecule has 4 heteroatoms. The van der Waals surface area contributed by atoms with E-state index in [2.05, 4.69) is 13.0 Å². The van der Waals surface area contributed by atoms with Crippen molar-refractivity contribution in [3.8, 4) is 6.07 Å². The van der Waals surface area contributed by atoms with E-state index in [0.717, 1.165) is 38.7 Å². The van der Waals surface area contributed by atoms with Crippen molar-refractivity contribution in [1.82, 2.24) is 0 Å². The smallest absolute Gasteiger partial charge is 0.160 e. The molecule has 1 aliphatic carbocycles. The van der Waals surface area contributed by atoms with Crippen molar-refractivity contribution in [3.05, 3.63) is 0 Å². The summed E-state index contributed by atoms with van der Waals surface area (Å²) in [6.45, 7) is 4.33. The molecule has 0 amide bonds. The molecule has 2 rings (SSSR count). The molecule has 120 valence electrons. The van der Waals surface area contributed by atoms with Gasteiger partial charge >= 0.3 is 0 Å². The van der Waals surface area contributed by atoms with E-state index in [-0.39, 0.29) is 18.3 Å². The zero-order valence-corrected chi connectivity index (χ0v) is 13.3. The third kappa shape index (κ3) is 5.58.